The molecule has 0 saturated heterocycles. The van der Waals surface area contributed by atoms with Crippen molar-refractivity contribution >= 4 is 17.6 Å². The van der Waals surface area contributed by atoms with E-state index in [1.165, 1.54) is 7.11 Å². The van der Waals surface area contributed by atoms with E-state index in [4.69, 9.17) is 4.74 Å². The van der Waals surface area contributed by atoms with E-state index in [1.54, 1.807) is 6.07 Å². The van der Waals surface area contributed by atoms with Crippen LogP contribution in [0.2, 0.25) is 0 Å². The Bertz CT molecular complexity index is 519. The smallest absolute Gasteiger partial charge is 0.360 e. The average molecular weight is 233 g/mol. The Labute approximate surface area is 98.0 Å². The highest BCUT2D eigenvalue weighted by Gasteiger charge is 2.22. The van der Waals surface area contributed by atoms with Gasteiger partial charge < -0.3 is 14.8 Å². The van der Waals surface area contributed by atoms with Crippen molar-refractivity contribution in [2.75, 3.05) is 12.4 Å². The zero-order valence-electron chi connectivity index (χ0n) is 9.44. The van der Waals surface area contributed by atoms with Crippen LogP contribution in [0.3, 0.4) is 0 Å². The fourth-order valence-corrected chi connectivity index (χ4v) is 1.45. The number of nitrogens with one attached hydrogen (secondary N) is 1. The molecule has 0 atom stereocenters. The molecule has 0 fully saturated rings. The summed E-state index contributed by atoms with van der Waals surface area (Å²) in [6.07, 6.45) is 1.06. The highest BCUT2D eigenvalue weighted by Crippen LogP contribution is 2.31. The molecule has 1 aliphatic rings. The Morgan fingerprint density at radius 1 is 1.47 bits per heavy atom. The molecular formula is C12H11NO4. The highest BCUT2D eigenvalue weighted by atomic mass is 16.5. The molecule has 1 heterocycles. The molecule has 0 bridgehead atoms. The van der Waals surface area contributed by atoms with Gasteiger partial charge in [0.1, 0.15) is 5.70 Å². The van der Waals surface area contributed by atoms with Gasteiger partial charge in [0.25, 0.3) is 0 Å². The molecule has 0 spiro atoms. The minimum absolute atomic E-state index is 0.0648. The van der Waals surface area contributed by atoms with Gasteiger partial charge in [-0.1, -0.05) is 6.07 Å². The second-order valence-electron chi connectivity index (χ2n) is 3.60. The number of ether oxygens (including phenoxy) is 2. The van der Waals surface area contributed by atoms with Gasteiger partial charge in [-0.05, 0) is 24.6 Å². The summed E-state index contributed by atoms with van der Waals surface area (Å²) in [4.78, 5) is 22.6. The van der Waals surface area contributed by atoms with Crippen LogP contribution < -0.4 is 10.1 Å². The molecule has 0 unspecified atom stereocenters. The summed E-state index contributed by atoms with van der Waals surface area (Å²) < 4.78 is 9.52. The molecule has 88 valence electrons. The fraction of sp³-hybridized carbons (Fsp3) is 0.167. The van der Waals surface area contributed by atoms with Crippen LogP contribution in [-0.4, -0.2) is 19.0 Å². The van der Waals surface area contributed by atoms with Crippen molar-refractivity contribution in [3.05, 3.63) is 35.5 Å². The van der Waals surface area contributed by atoms with Gasteiger partial charge in [-0.2, -0.15) is 0 Å². The summed E-state index contributed by atoms with van der Waals surface area (Å²) in [5.74, 6) is -0.769. The van der Waals surface area contributed by atoms with Crippen LogP contribution in [0, 0.1) is 6.92 Å². The molecule has 0 radical (unpaired) electrons. The third-order valence-electron chi connectivity index (χ3n) is 2.29. The van der Waals surface area contributed by atoms with Crippen molar-refractivity contribution in [2.45, 2.75) is 6.92 Å². The number of carbonyl (C=O) groups is 2. The molecular weight excluding hydrogens is 222 g/mol. The number of rotatable bonds is 1. The van der Waals surface area contributed by atoms with Gasteiger partial charge in [0.2, 0.25) is 0 Å². The summed E-state index contributed by atoms with van der Waals surface area (Å²) in [7, 11) is 1.24. The largest absolute Gasteiger partial charge is 0.466 e. The molecule has 0 amide bonds. The Hall–Kier alpha value is -2.30. The molecule has 0 saturated carbocycles. The average Bonchev–Trinajstić information content (AvgIpc) is 2.30. The van der Waals surface area contributed by atoms with Crippen molar-refractivity contribution in [1.82, 2.24) is 0 Å². The molecule has 1 aromatic rings. The van der Waals surface area contributed by atoms with Crippen molar-refractivity contribution in [2.24, 2.45) is 0 Å². The molecule has 0 aromatic heterocycles. The van der Waals surface area contributed by atoms with E-state index in [0.29, 0.717) is 11.4 Å². The minimum atomic E-state index is -0.611. The summed E-state index contributed by atoms with van der Waals surface area (Å²) in [6.45, 7) is 1.92. The topological polar surface area (TPSA) is 64.6 Å². The first-order chi connectivity index (χ1) is 8.10. The molecule has 1 aliphatic heterocycles. The van der Waals surface area contributed by atoms with Crippen molar-refractivity contribution in [3.8, 4) is 5.75 Å². The lowest BCUT2D eigenvalue weighted by Gasteiger charge is -2.19. The zero-order valence-corrected chi connectivity index (χ0v) is 9.44. The number of carbonyl (C=O) groups excluding carboxylic acids is 2. The van der Waals surface area contributed by atoms with Gasteiger partial charge in [-0.3, -0.25) is 0 Å². The number of anilines is 1. The number of esters is 2. The summed E-state index contributed by atoms with van der Waals surface area (Å²) in [5, 5.41) is 2.84. The van der Waals surface area contributed by atoms with Gasteiger partial charge in [0.05, 0.1) is 18.9 Å². The van der Waals surface area contributed by atoms with Crippen LogP contribution in [0.25, 0.3) is 0 Å². The maximum atomic E-state index is 11.5. The summed E-state index contributed by atoms with van der Waals surface area (Å²) in [5.41, 5.74) is 1.74. The maximum Gasteiger partial charge on any atom is 0.360 e. The Kier molecular flexibility index (Phi) is 2.82. The Balaban J connectivity index is 2.35. The van der Waals surface area contributed by atoms with E-state index >= 15 is 0 Å². The monoisotopic (exact) mass is 233 g/mol. The van der Waals surface area contributed by atoms with E-state index in [1.807, 2.05) is 19.1 Å². The van der Waals surface area contributed by atoms with Gasteiger partial charge >= 0.3 is 11.9 Å². The lowest BCUT2D eigenvalue weighted by Crippen LogP contribution is -2.24. The van der Waals surface area contributed by atoms with Gasteiger partial charge in [0.15, 0.2) is 5.75 Å². The van der Waals surface area contributed by atoms with Crippen molar-refractivity contribution < 1.29 is 19.1 Å². The molecule has 5 nitrogen and oxygen atoms in total. The van der Waals surface area contributed by atoms with E-state index in [2.05, 4.69) is 10.1 Å². The van der Waals surface area contributed by atoms with E-state index in [9.17, 15) is 9.59 Å². The number of benzene rings is 1. The molecule has 0 aliphatic carbocycles. The third-order valence-corrected chi connectivity index (χ3v) is 2.29. The van der Waals surface area contributed by atoms with E-state index in [0.717, 1.165) is 11.6 Å². The molecule has 2 rings (SSSR count). The normalized spacial score (nSPS) is 15.9. The Morgan fingerprint density at radius 3 is 2.94 bits per heavy atom. The van der Waals surface area contributed by atoms with Gasteiger partial charge in [-0.25, -0.2) is 9.59 Å². The van der Waals surface area contributed by atoms with Gasteiger partial charge in [-0.15, -0.1) is 0 Å². The van der Waals surface area contributed by atoms with E-state index < -0.39 is 11.9 Å². The number of aryl methyl sites for hydroxylation is 1. The summed E-state index contributed by atoms with van der Waals surface area (Å²) in [6, 6.07) is 5.36. The maximum absolute atomic E-state index is 11.5. The Morgan fingerprint density at radius 2 is 2.24 bits per heavy atom. The number of hydrogen-bond donors (Lipinski definition) is 1. The minimum Gasteiger partial charge on any atom is -0.466 e. The first kappa shape index (κ1) is 11.2. The fourth-order valence-electron chi connectivity index (χ4n) is 1.45. The van der Waals surface area contributed by atoms with Crippen LogP contribution in [0.15, 0.2) is 30.0 Å². The molecule has 1 N–H and O–H groups in total. The standard InChI is InChI=1S/C12H11NO4/c1-7-3-4-10-8(5-7)13-9(12(15)17-10)6-11(14)16-2/h3-6,13H,1-2H3/b9-6+. The first-order valence-electron chi connectivity index (χ1n) is 4.99. The SMILES string of the molecule is COC(=O)/C=C1/Nc2cc(C)ccc2OC1=O. The predicted molar refractivity (Wildman–Crippen MR) is 60.5 cm³/mol. The van der Waals surface area contributed by atoms with Gasteiger partial charge in [0, 0.05) is 0 Å². The lowest BCUT2D eigenvalue weighted by molar-refractivity contribution is -0.136. The van der Waals surface area contributed by atoms with Crippen LogP contribution in [0.5, 0.6) is 5.75 Å². The molecule has 17 heavy (non-hydrogen) atoms. The second kappa shape index (κ2) is 4.29. The summed E-state index contributed by atoms with van der Waals surface area (Å²) >= 11 is 0. The second-order valence-corrected chi connectivity index (χ2v) is 3.60. The number of fused-ring (bicyclic) bond motifs is 1. The van der Waals surface area contributed by atoms with Crippen LogP contribution >= 0.6 is 0 Å². The quantitative estimate of drug-likeness (QED) is 0.451. The van der Waals surface area contributed by atoms with Crippen LogP contribution in [0.4, 0.5) is 5.69 Å². The first-order valence-corrected chi connectivity index (χ1v) is 4.99. The zero-order chi connectivity index (χ0) is 12.4. The van der Waals surface area contributed by atoms with Crippen LogP contribution in [-0.2, 0) is 14.3 Å². The highest BCUT2D eigenvalue weighted by molar-refractivity contribution is 6.02. The number of methoxy groups -OCH3 is 1. The molecule has 5 heteroatoms. The third kappa shape index (κ3) is 2.28. The number of hydrogen-bond acceptors (Lipinski definition) is 5. The van der Waals surface area contributed by atoms with E-state index in [-0.39, 0.29) is 5.70 Å². The van der Waals surface area contributed by atoms with Crippen LogP contribution in [0.1, 0.15) is 5.56 Å². The van der Waals surface area contributed by atoms with Crippen molar-refractivity contribution in [3.63, 3.8) is 0 Å². The van der Waals surface area contributed by atoms with Crippen molar-refractivity contribution in [1.29, 1.82) is 0 Å². The lowest BCUT2D eigenvalue weighted by atomic mass is 10.2. The predicted octanol–water partition coefficient (Wildman–Crippen LogP) is 1.38. The molecule has 1 aromatic carbocycles.